The first-order chi connectivity index (χ1) is 15.4. The topological polar surface area (TPSA) is 89.9 Å². The van der Waals surface area contributed by atoms with Crippen LogP contribution in [-0.4, -0.2) is 55.5 Å². The molecule has 2 unspecified atom stereocenters. The Kier molecular flexibility index (Phi) is 6.10. The molecule has 2 aromatic carbocycles. The standard InChI is InChI=1S/C21H21ClF3N3O4S/c22-18-7-6-15(12-16(18)21(23,24)25)27-8-10-28(11-9-27)33(31,32)26-20(19(29)30)13-17(20)14-4-2-1-3-5-14/h1-7,12,17,26H,8-11,13H2,(H,29,30). The zero-order valence-corrected chi connectivity index (χ0v) is 18.8. The van der Waals surface area contributed by atoms with E-state index >= 15 is 0 Å². The molecule has 1 aliphatic carbocycles. The van der Waals surface area contributed by atoms with Crippen LogP contribution in [0.15, 0.2) is 48.5 Å². The summed E-state index contributed by atoms with van der Waals surface area (Å²) in [7, 11) is -4.13. The first-order valence-corrected chi connectivity index (χ1v) is 11.9. The summed E-state index contributed by atoms with van der Waals surface area (Å²) in [6.45, 7) is 0.264. The number of nitrogens with zero attached hydrogens (tertiary/aromatic N) is 2. The van der Waals surface area contributed by atoms with Crippen molar-refractivity contribution in [2.75, 3.05) is 31.1 Å². The lowest BCUT2D eigenvalue weighted by atomic mass is 10.1. The third-order valence-corrected chi connectivity index (χ3v) is 8.05. The van der Waals surface area contributed by atoms with Crippen molar-refractivity contribution in [3.8, 4) is 0 Å². The van der Waals surface area contributed by atoms with E-state index in [1.165, 1.54) is 6.07 Å². The van der Waals surface area contributed by atoms with E-state index < -0.39 is 44.4 Å². The SMILES string of the molecule is O=C(O)C1(NS(=O)(=O)N2CCN(c3ccc(Cl)c(C(F)(F)F)c3)CC2)CC1c1ccccc1. The van der Waals surface area contributed by atoms with Crippen molar-refractivity contribution < 1.29 is 31.5 Å². The van der Waals surface area contributed by atoms with Gasteiger partial charge in [-0.1, -0.05) is 41.9 Å². The molecule has 2 aliphatic rings. The summed E-state index contributed by atoms with van der Waals surface area (Å²) in [5.74, 6) is -1.73. The number of carboxylic acid groups (broad SMARTS) is 1. The van der Waals surface area contributed by atoms with Crippen LogP contribution in [0.1, 0.15) is 23.5 Å². The van der Waals surface area contributed by atoms with Gasteiger partial charge in [0.1, 0.15) is 5.54 Å². The molecule has 178 valence electrons. The number of halogens is 4. The predicted molar refractivity (Wildman–Crippen MR) is 116 cm³/mol. The van der Waals surface area contributed by atoms with Gasteiger partial charge in [0.05, 0.1) is 10.6 Å². The van der Waals surface area contributed by atoms with Gasteiger partial charge in [-0.05, 0) is 30.2 Å². The van der Waals surface area contributed by atoms with Crippen LogP contribution < -0.4 is 9.62 Å². The molecule has 7 nitrogen and oxygen atoms in total. The van der Waals surface area contributed by atoms with Crippen molar-refractivity contribution in [1.82, 2.24) is 9.03 Å². The van der Waals surface area contributed by atoms with Crippen LogP contribution in [0.5, 0.6) is 0 Å². The van der Waals surface area contributed by atoms with Crippen molar-refractivity contribution in [3.05, 3.63) is 64.7 Å². The minimum atomic E-state index is -4.60. The second kappa shape index (κ2) is 8.46. The maximum Gasteiger partial charge on any atom is 0.417 e. The quantitative estimate of drug-likeness (QED) is 0.631. The molecule has 1 heterocycles. The van der Waals surface area contributed by atoms with Gasteiger partial charge in [0, 0.05) is 37.8 Å². The predicted octanol–water partition coefficient (Wildman–Crippen LogP) is 3.33. The molecule has 2 atom stereocenters. The van der Waals surface area contributed by atoms with Gasteiger partial charge in [-0.3, -0.25) is 4.79 Å². The molecule has 2 aromatic rings. The van der Waals surface area contributed by atoms with Crippen LogP contribution >= 0.6 is 11.6 Å². The number of anilines is 1. The monoisotopic (exact) mass is 503 g/mol. The lowest BCUT2D eigenvalue weighted by Crippen LogP contribution is -2.56. The summed E-state index contributed by atoms with van der Waals surface area (Å²) in [5.41, 5.74) is -1.56. The molecule has 0 radical (unpaired) electrons. The number of rotatable bonds is 6. The molecule has 4 rings (SSSR count). The van der Waals surface area contributed by atoms with Gasteiger partial charge in [-0.2, -0.15) is 30.6 Å². The first-order valence-electron chi connectivity index (χ1n) is 10.1. The number of benzene rings is 2. The molecule has 12 heteroatoms. The van der Waals surface area contributed by atoms with E-state index in [0.717, 1.165) is 22.0 Å². The Morgan fingerprint density at radius 1 is 1.09 bits per heavy atom. The van der Waals surface area contributed by atoms with E-state index in [9.17, 15) is 31.5 Å². The fraction of sp³-hybridized carbons (Fsp3) is 0.381. The molecule has 2 N–H and O–H groups in total. The molecule has 0 bridgehead atoms. The van der Waals surface area contributed by atoms with Gasteiger partial charge in [0.25, 0.3) is 10.2 Å². The summed E-state index contributed by atoms with van der Waals surface area (Å²) in [6.07, 6.45) is -4.47. The zero-order valence-electron chi connectivity index (χ0n) is 17.2. The first kappa shape index (κ1) is 23.8. The highest BCUT2D eigenvalue weighted by Crippen LogP contribution is 2.52. The molecule has 0 aromatic heterocycles. The van der Waals surface area contributed by atoms with Crippen LogP contribution in [-0.2, 0) is 21.2 Å². The summed E-state index contributed by atoms with van der Waals surface area (Å²) in [6, 6.07) is 12.4. The van der Waals surface area contributed by atoms with Crippen molar-refractivity contribution in [2.24, 2.45) is 0 Å². The Morgan fingerprint density at radius 3 is 2.30 bits per heavy atom. The summed E-state index contributed by atoms with van der Waals surface area (Å²) in [5, 5.41) is 9.34. The number of carbonyl (C=O) groups is 1. The van der Waals surface area contributed by atoms with Crippen LogP contribution in [0.25, 0.3) is 0 Å². The highest BCUT2D eigenvalue weighted by molar-refractivity contribution is 7.87. The van der Waals surface area contributed by atoms with Gasteiger partial charge >= 0.3 is 12.1 Å². The summed E-state index contributed by atoms with van der Waals surface area (Å²) >= 11 is 5.67. The van der Waals surface area contributed by atoms with E-state index in [1.54, 1.807) is 35.2 Å². The number of aliphatic carboxylic acids is 1. The number of nitrogens with one attached hydrogen (secondary N) is 1. The minimum absolute atomic E-state index is 0.00892. The van der Waals surface area contributed by atoms with Gasteiger partial charge in [-0.15, -0.1) is 0 Å². The fourth-order valence-corrected chi connectivity index (χ4v) is 5.92. The van der Waals surface area contributed by atoms with Crippen molar-refractivity contribution in [2.45, 2.75) is 24.1 Å². The van der Waals surface area contributed by atoms with E-state index in [0.29, 0.717) is 0 Å². The lowest BCUT2D eigenvalue weighted by Gasteiger charge is -2.36. The number of hydrogen-bond donors (Lipinski definition) is 2. The van der Waals surface area contributed by atoms with Crippen molar-refractivity contribution in [3.63, 3.8) is 0 Å². The maximum atomic E-state index is 13.2. The van der Waals surface area contributed by atoms with E-state index in [-0.39, 0.29) is 38.3 Å². The van der Waals surface area contributed by atoms with Crippen LogP contribution in [0.4, 0.5) is 18.9 Å². The minimum Gasteiger partial charge on any atom is -0.480 e. The smallest absolute Gasteiger partial charge is 0.417 e. The second-order valence-electron chi connectivity index (χ2n) is 8.10. The summed E-state index contributed by atoms with van der Waals surface area (Å²) < 4.78 is 68.9. The summed E-state index contributed by atoms with van der Waals surface area (Å²) in [4.78, 5) is 13.6. The molecule has 2 fully saturated rings. The number of alkyl halides is 3. The molecular formula is C21H21ClF3N3O4S. The molecular weight excluding hydrogens is 483 g/mol. The lowest BCUT2D eigenvalue weighted by molar-refractivity contribution is -0.140. The van der Waals surface area contributed by atoms with Crippen molar-refractivity contribution >= 4 is 33.5 Å². The molecule has 0 spiro atoms. The Bertz CT molecular complexity index is 1160. The number of carboxylic acids is 1. The Morgan fingerprint density at radius 2 is 1.73 bits per heavy atom. The Balaban J connectivity index is 1.45. The number of hydrogen-bond acceptors (Lipinski definition) is 4. The number of piperazine rings is 1. The van der Waals surface area contributed by atoms with Gasteiger partial charge < -0.3 is 10.0 Å². The third-order valence-electron chi connectivity index (χ3n) is 6.05. The van der Waals surface area contributed by atoms with Crippen LogP contribution in [0.3, 0.4) is 0 Å². The molecule has 1 saturated heterocycles. The fourth-order valence-electron chi connectivity index (χ4n) is 4.15. The van der Waals surface area contributed by atoms with Crippen LogP contribution in [0.2, 0.25) is 5.02 Å². The molecule has 0 amide bonds. The van der Waals surface area contributed by atoms with Crippen LogP contribution in [0, 0.1) is 0 Å². The molecule has 1 aliphatic heterocycles. The van der Waals surface area contributed by atoms with Crippen molar-refractivity contribution in [1.29, 1.82) is 0 Å². The molecule has 33 heavy (non-hydrogen) atoms. The average Bonchev–Trinajstić information content (AvgIpc) is 3.49. The molecule has 1 saturated carbocycles. The Hall–Kier alpha value is -2.34. The van der Waals surface area contributed by atoms with E-state index in [1.807, 2.05) is 0 Å². The zero-order chi connectivity index (χ0) is 24.0. The third kappa shape index (κ3) is 4.68. The highest BCUT2D eigenvalue weighted by atomic mass is 35.5. The van der Waals surface area contributed by atoms with Gasteiger partial charge in [-0.25, -0.2) is 0 Å². The second-order valence-corrected chi connectivity index (χ2v) is 10.2. The van der Waals surface area contributed by atoms with E-state index in [4.69, 9.17) is 11.6 Å². The van der Waals surface area contributed by atoms with Gasteiger partial charge in [0.2, 0.25) is 0 Å². The Labute approximate surface area is 193 Å². The van der Waals surface area contributed by atoms with Gasteiger partial charge in [0.15, 0.2) is 0 Å². The average molecular weight is 504 g/mol. The van der Waals surface area contributed by atoms with E-state index in [2.05, 4.69) is 4.72 Å². The normalized spacial score (nSPS) is 24.0. The largest absolute Gasteiger partial charge is 0.480 e. The highest BCUT2D eigenvalue weighted by Gasteiger charge is 2.63. The maximum absolute atomic E-state index is 13.2.